The second-order valence-electron chi connectivity index (χ2n) is 12.7. The van der Waals surface area contributed by atoms with Gasteiger partial charge in [0.15, 0.2) is 0 Å². The molecule has 0 saturated heterocycles. The highest BCUT2D eigenvalue weighted by molar-refractivity contribution is 6.03. The van der Waals surface area contributed by atoms with Crippen LogP contribution in [0.2, 0.25) is 0 Å². The van der Waals surface area contributed by atoms with Crippen LogP contribution < -0.4 is 9.80 Å². The Labute approximate surface area is 280 Å². The number of hydrogen-bond acceptors (Lipinski definition) is 3. The Morgan fingerprint density at radius 1 is 0.500 bits per heavy atom. The summed E-state index contributed by atoms with van der Waals surface area (Å²) in [5, 5.41) is 12.4. The molecule has 0 fully saturated rings. The van der Waals surface area contributed by atoms with Crippen LogP contribution in [0.5, 0.6) is 0 Å². The average Bonchev–Trinajstić information content (AvgIpc) is 3.35. The Bertz CT molecular complexity index is 2270. The van der Waals surface area contributed by atoms with Gasteiger partial charge in [-0.25, -0.2) is 4.79 Å². The van der Waals surface area contributed by atoms with E-state index < -0.39 is 5.97 Å². The largest absolute Gasteiger partial charge is 0.478 e. The van der Waals surface area contributed by atoms with Crippen LogP contribution in [0, 0.1) is 0 Å². The lowest BCUT2D eigenvalue weighted by molar-refractivity contribution is 0.0697. The van der Waals surface area contributed by atoms with Gasteiger partial charge < -0.3 is 14.9 Å². The zero-order valence-corrected chi connectivity index (χ0v) is 26.8. The van der Waals surface area contributed by atoms with Crippen molar-refractivity contribution in [3.8, 4) is 11.1 Å². The van der Waals surface area contributed by atoms with E-state index in [1.54, 1.807) is 12.1 Å². The zero-order valence-electron chi connectivity index (χ0n) is 26.8. The molecule has 7 aromatic rings. The van der Waals surface area contributed by atoms with Gasteiger partial charge in [-0.1, -0.05) is 111 Å². The Kier molecular flexibility index (Phi) is 7.07. The fourth-order valence-electron chi connectivity index (χ4n) is 7.25. The Hall–Kier alpha value is -6.13. The maximum Gasteiger partial charge on any atom is 0.337 e. The van der Waals surface area contributed by atoms with E-state index in [0.717, 1.165) is 39.2 Å². The fourth-order valence-corrected chi connectivity index (χ4v) is 7.25. The van der Waals surface area contributed by atoms with Crippen LogP contribution in [-0.2, 0) is 5.41 Å². The maximum absolute atomic E-state index is 12.6. The number of hydrogen-bond donors (Lipinski definition) is 1. The standard InChI is InChI=1S/C44H34N2O2/c1-44(2)39-28-33(45(31-16-5-3-6-17-31)32-18-7-4-8-19-32)24-26-36(39)37-27-25-34(29-40(37)44)46(42-22-12-11-21-38(42)43(47)48)41-23-13-15-30-14-9-10-20-35(30)41/h3-29H,1-2H3,(H,47,48). The van der Waals surface area contributed by atoms with Crippen LogP contribution in [0.25, 0.3) is 21.9 Å². The van der Waals surface area contributed by atoms with Crippen LogP contribution >= 0.6 is 0 Å². The molecule has 0 amide bonds. The summed E-state index contributed by atoms with van der Waals surface area (Å²) in [5.41, 5.74) is 10.6. The predicted octanol–water partition coefficient (Wildman–Crippen LogP) is 11.8. The summed E-state index contributed by atoms with van der Waals surface area (Å²) in [6.45, 7) is 4.57. The number of benzene rings is 7. The van der Waals surface area contributed by atoms with Gasteiger partial charge in [-0.15, -0.1) is 0 Å². The third-order valence-electron chi connectivity index (χ3n) is 9.57. The molecular formula is C44H34N2O2. The van der Waals surface area contributed by atoms with Gasteiger partial charge in [0.25, 0.3) is 0 Å². The first-order chi connectivity index (χ1) is 23.4. The van der Waals surface area contributed by atoms with Crippen molar-refractivity contribution in [1.82, 2.24) is 0 Å². The Morgan fingerprint density at radius 3 is 1.62 bits per heavy atom. The molecule has 4 nitrogen and oxygen atoms in total. The first-order valence-corrected chi connectivity index (χ1v) is 16.2. The molecule has 0 radical (unpaired) electrons. The lowest BCUT2D eigenvalue weighted by Crippen LogP contribution is -2.18. The number of para-hydroxylation sites is 3. The molecule has 0 atom stereocenters. The van der Waals surface area contributed by atoms with Crippen molar-refractivity contribution in [2.45, 2.75) is 19.3 Å². The lowest BCUT2D eigenvalue weighted by Gasteiger charge is -2.30. The molecule has 48 heavy (non-hydrogen) atoms. The summed E-state index contributed by atoms with van der Waals surface area (Å²) in [5.74, 6) is -0.960. The Morgan fingerprint density at radius 2 is 1.00 bits per heavy atom. The molecule has 7 aromatic carbocycles. The highest BCUT2D eigenvalue weighted by Gasteiger charge is 2.37. The van der Waals surface area contributed by atoms with Crippen molar-refractivity contribution in [3.63, 3.8) is 0 Å². The molecule has 0 saturated carbocycles. The molecule has 1 aliphatic rings. The molecule has 0 heterocycles. The minimum atomic E-state index is -0.960. The lowest BCUT2D eigenvalue weighted by atomic mass is 9.82. The maximum atomic E-state index is 12.6. The van der Waals surface area contributed by atoms with Crippen molar-refractivity contribution < 1.29 is 9.90 Å². The molecule has 0 bridgehead atoms. The first-order valence-electron chi connectivity index (χ1n) is 16.2. The third kappa shape index (κ3) is 4.81. The van der Waals surface area contributed by atoms with E-state index in [2.05, 4.69) is 133 Å². The summed E-state index contributed by atoms with van der Waals surface area (Å²) < 4.78 is 0. The summed E-state index contributed by atoms with van der Waals surface area (Å²) in [7, 11) is 0. The summed E-state index contributed by atoms with van der Waals surface area (Å²) in [6, 6.07) is 56.0. The van der Waals surface area contributed by atoms with Gasteiger partial charge in [0.05, 0.1) is 16.9 Å². The van der Waals surface area contributed by atoms with Gasteiger partial charge in [0, 0.05) is 33.6 Å². The number of aromatic carboxylic acids is 1. The van der Waals surface area contributed by atoms with Gasteiger partial charge in [-0.3, -0.25) is 0 Å². The normalized spacial score (nSPS) is 12.7. The van der Waals surface area contributed by atoms with E-state index in [-0.39, 0.29) is 11.0 Å². The number of carboxylic acid groups (broad SMARTS) is 1. The van der Waals surface area contributed by atoms with Crippen molar-refractivity contribution in [3.05, 3.63) is 180 Å². The predicted molar refractivity (Wildman–Crippen MR) is 198 cm³/mol. The molecule has 1 aliphatic carbocycles. The van der Waals surface area contributed by atoms with Crippen molar-refractivity contribution >= 4 is 50.9 Å². The van der Waals surface area contributed by atoms with E-state index in [0.29, 0.717) is 5.69 Å². The van der Waals surface area contributed by atoms with E-state index in [1.807, 2.05) is 42.5 Å². The highest BCUT2D eigenvalue weighted by atomic mass is 16.4. The number of fused-ring (bicyclic) bond motifs is 4. The van der Waals surface area contributed by atoms with Crippen molar-refractivity contribution in [2.24, 2.45) is 0 Å². The van der Waals surface area contributed by atoms with E-state index in [1.165, 1.54) is 22.3 Å². The molecule has 1 N–H and O–H groups in total. The summed E-state index contributed by atoms with van der Waals surface area (Å²) in [6.07, 6.45) is 0. The van der Waals surface area contributed by atoms with Gasteiger partial charge in [0.1, 0.15) is 0 Å². The topological polar surface area (TPSA) is 43.8 Å². The van der Waals surface area contributed by atoms with Crippen LogP contribution in [-0.4, -0.2) is 11.1 Å². The molecule has 0 spiro atoms. The zero-order chi connectivity index (χ0) is 32.8. The van der Waals surface area contributed by atoms with Crippen LogP contribution in [0.1, 0.15) is 35.3 Å². The summed E-state index contributed by atoms with van der Waals surface area (Å²) in [4.78, 5) is 17.0. The molecular weight excluding hydrogens is 588 g/mol. The Balaban J connectivity index is 1.29. The monoisotopic (exact) mass is 622 g/mol. The minimum absolute atomic E-state index is 0.250. The number of nitrogens with zero attached hydrogens (tertiary/aromatic N) is 2. The summed E-state index contributed by atoms with van der Waals surface area (Å²) >= 11 is 0. The number of anilines is 6. The van der Waals surface area contributed by atoms with Crippen LogP contribution in [0.4, 0.5) is 34.1 Å². The fraction of sp³-hybridized carbons (Fsp3) is 0.0682. The average molecular weight is 623 g/mol. The highest BCUT2D eigenvalue weighted by Crippen LogP contribution is 2.53. The van der Waals surface area contributed by atoms with Crippen molar-refractivity contribution in [1.29, 1.82) is 0 Å². The van der Waals surface area contributed by atoms with E-state index >= 15 is 0 Å². The van der Waals surface area contributed by atoms with Crippen molar-refractivity contribution in [2.75, 3.05) is 9.80 Å². The third-order valence-corrected chi connectivity index (χ3v) is 9.57. The second kappa shape index (κ2) is 11.6. The molecule has 4 heteroatoms. The van der Waals surface area contributed by atoms with E-state index in [9.17, 15) is 9.90 Å². The van der Waals surface area contributed by atoms with Crippen LogP contribution in [0.3, 0.4) is 0 Å². The second-order valence-corrected chi connectivity index (χ2v) is 12.7. The number of carboxylic acids is 1. The van der Waals surface area contributed by atoms with Gasteiger partial charge >= 0.3 is 5.97 Å². The first kappa shape index (κ1) is 29.3. The van der Waals surface area contributed by atoms with Gasteiger partial charge in [-0.05, 0) is 94.4 Å². The van der Waals surface area contributed by atoms with Gasteiger partial charge in [-0.2, -0.15) is 0 Å². The van der Waals surface area contributed by atoms with Gasteiger partial charge in [0.2, 0.25) is 0 Å². The molecule has 0 unspecified atom stereocenters. The molecule has 232 valence electrons. The SMILES string of the molecule is CC1(C)c2cc(N(c3ccccc3)c3ccccc3)ccc2-c2ccc(N(c3ccccc3C(=O)O)c3cccc4ccccc34)cc21. The number of carbonyl (C=O) groups is 1. The van der Waals surface area contributed by atoms with Crippen LogP contribution in [0.15, 0.2) is 164 Å². The smallest absolute Gasteiger partial charge is 0.337 e. The minimum Gasteiger partial charge on any atom is -0.478 e. The quantitative estimate of drug-likeness (QED) is 0.192. The van der Waals surface area contributed by atoms with E-state index in [4.69, 9.17) is 0 Å². The molecule has 8 rings (SSSR count). The molecule has 0 aromatic heterocycles. The number of rotatable bonds is 7. The molecule has 0 aliphatic heterocycles.